The number of carboxylic acid groups (broad SMARTS) is 1. The summed E-state index contributed by atoms with van der Waals surface area (Å²) in [7, 11) is -4.77. The topological polar surface area (TPSA) is 212 Å². The van der Waals surface area contributed by atoms with Gasteiger partial charge in [0.1, 0.15) is 12.6 Å². The van der Waals surface area contributed by atoms with E-state index in [1.165, 1.54) is 109 Å². The molecule has 0 aromatic rings. The fourth-order valence-electron chi connectivity index (χ4n) is 6.68. The molecule has 6 N–H and O–H groups in total. The average molecular weight is 952 g/mol. The summed E-state index contributed by atoms with van der Waals surface area (Å²) in [6.07, 6.45) is 49.0. The molecule has 66 heavy (non-hydrogen) atoms. The maximum atomic E-state index is 12.7. The first-order valence-electron chi connectivity index (χ1n) is 25.2. The summed E-state index contributed by atoms with van der Waals surface area (Å²) in [5.41, 5.74) is 5.34. The van der Waals surface area contributed by atoms with Crippen molar-refractivity contribution in [1.29, 1.82) is 0 Å². The number of hydrogen-bond donors (Lipinski definition) is 5. The zero-order chi connectivity index (χ0) is 48.8. The number of aliphatic hydroxyl groups excluding tert-OH is 2. The highest BCUT2D eigenvalue weighted by molar-refractivity contribution is 7.47. The highest BCUT2D eigenvalue weighted by Crippen LogP contribution is 2.43. The first kappa shape index (κ1) is 62.8. The van der Waals surface area contributed by atoms with Gasteiger partial charge in [0, 0.05) is 12.8 Å². The van der Waals surface area contributed by atoms with Crippen molar-refractivity contribution in [2.45, 2.75) is 218 Å². The monoisotopic (exact) mass is 952 g/mol. The standard InChI is InChI=1S/C52H90NO12P/c1-3-5-7-8-9-10-11-12-13-14-15-16-17-18-19-20-21-22-23-28-36-42-51(57)65-48(44-63-66(60,61)64-45-49(53)52(58)59)43-62-50(56)41-35-27-25-24-26-32-38-47(55)40-34-30-29-33-39-46(54)37-31-6-4-2/h6,25-27,29-34,39-40,46-49,54-55H,3-5,7-24,28,35-38,41-45,53H2,1-2H3,(H,58,59)(H,60,61)/b27-25-,30-29-,31-6-,32-26-,39-33+,40-34+/t46-,47+,48-,49+/m1/s1. The molecule has 380 valence electrons. The lowest BCUT2D eigenvalue weighted by Crippen LogP contribution is -2.34. The predicted molar refractivity (Wildman–Crippen MR) is 266 cm³/mol. The molecule has 0 radical (unpaired) electrons. The zero-order valence-electron chi connectivity index (χ0n) is 40.7. The van der Waals surface area contributed by atoms with Crippen LogP contribution in [-0.2, 0) is 37.5 Å². The van der Waals surface area contributed by atoms with Crippen LogP contribution in [0.15, 0.2) is 72.9 Å². The van der Waals surface area contributed by atoms with E-state index in [1.807, 2.05) is 43.4 Å². The number of esters is 2. The van der Waals surface area contributed by atoms with Gasteiger partial charge in [-0.2, -0.15) is 0 Å². The Hall–Kier alpha value is -3.16. The van der Waals surface area contributed by atoms with Crippen molar-refractivity contribution in [1.82, 2.24) is 0 Å². The Morgan fingerprint density at radius 2 is 1.02 bits per heavy atom. The Morgan fingerprint density at radius 3 is 1.50 bits per heavy atom. The average Bonchev–Trinajstić information content (AvgIpc) is 3.29. The number of carbonyl (C=O) groups excluding carboxylic acids is 2. The van der Waals surface area contributed by atoms with Gasteiger partial charge in [0.25, 0.3) is 0 Å². The number of aliphatic carboxylic acids is 1. The molecule has 0 aliphatic carbocycles. The number of rotatable bonds is 46. The van der Waals surface area contributed by atoms with Gasteiger partial charge < -0.3 is 35.4 Å². The van der Waals surface area contributed by atoms with Crippen molar-refractivity contribution < 1.29 is 57.7 Å². The minimum absolute atomic E-state index is 0.0386. The number of carboxylic acids is 1. The first-order valence-corrected chi connectivity index (χ1v) is 26.7. The predicted octanol–water partition coefficient (Wildman–Crippen LogP) is 12.0. The molecule has 0 saturated heterocycles. The second-order valence-electron chi connectivity index (χ2n) is 17.0. The molecule has 14 heteroatoms. The van der Waals surface area contributed by atoms with E-state index in [2.05, 4.69) is 11.4 Å². The van der Waals surface area contributed by atoms with Gasteiger partial charge in [-0.05, 0) is 38.5 Å². The summed E-state index contributed by atoms with van der Waals surface area (Å²) >= 11 is 0. The molecular formula is C52H90NO12P. The van der Waals surface area contributed by atoms with Crippen LogP contribution in [0.5, 0.6) is 0 Å². The van der Waals surface area contributed by atoms with Crippen LogP contribution >= 0.6 is 7.82 Å². The second-order valence-corrected chi connectivity index (χ2v) is 18.4. The fraction of sp³-hybridized carbons (Fsp3) is 0.712. The lowest BCUT2D eigenvalue weighted by molar-refractivity contribution is -0.161. The SMILES string of the molecule is CC/C=C\C[C@@H](O)/C=C/C=C\C=C\[C@@H](O)C/C=C\C/C=C\CCC(=O)OC[C@H](COP(=O)(O)OC[C@H](N)C(=O)O)OC(=O)CCCCCCCCCCCCCCCCCCCCCCC. The molecule has 5 atom stereocenters. The highest BCUT2D eigenvalue weighted by atomic mass is 31.2. The van der Waals surface area contributed by atoms with Crippen LogP contribution < -0.4 is 5.73 Å². The third kappa shape index (κ3) is 44.7. The zero-order valence-corrected chi connectivity index (χ0v) is 41.6. The first-order chi connectivity index (χ1) is 31.9. The van der Waals surface area contributed by atoms with E-state index in [0.717, 1.165) is 25.7 Å². The van der Waals surface area contributed by atoms with Crippen LogP contribution in [0.1, 0.15) is 194 Å². The Labute approximate surface area is 398 Å². The number of allylic oxidation sites excluding steroid dienone is 8. The number of carbonyl (C=O) groups is 3. The molecule has 0 aromatic heterocycles. The van der Waals surface area contributed by atoms with Crippen molar-refractivity contribution in [2.24, 2.45) is 5.73 Å². The molecule has 0 aliphatic rings. The van der Waals surface area contributed by atoms with E-state index in [1.54, 1.807) is 36.5 Å². The molecule has 0 amide bonds. The molecule has 0 fully saturated rings. The summed E-state index contributed by atoms with van der Waals surface area (Å²) in [5, 5.41) is 28.9. The Balaban J connectivity index is 4.45. The number of phosphoric acid groups is 1. The van der Waals surface area contributed by atoms with Gasteiger partial charge in [-0.25, -0.2) is 4.57 Å². The molecule has 0 aromatic carbocycles. The number of nitrogens with two attached hydrogens (primary N) is 1. The molecule has 1 unspecified atom stereocenters. The maximum absolute atomic E-state index is 12.7. The second kappa shape index (κ2) is 45.6. The van der Waals surface area contributed by atoms with Gasteiger partial charge in [0.2, 0.25) is 0 Å². The van der Waals surface area contributed by atoms with Crippen LogP contribution in [0.3, 0.4) is 0 Å². The summed E-state index contributed by atoms with van der Waals surface area (Å²) < 4.78 is 32.7. The van der Waals surface area contributed by atoms with E-state index < -0.39 is 69.9 Å². The van der Waals surface area contributed by atoms with E-state index in [9.17, 15) is 34.1 Å². The van der Waals surface area contributed by atoms with E-state index in [0.29, 0.717) is 32.1 Å². The summed E-state index contributed by atoms with van der Waals surface area (Å²) in [6.45, 7) is 2.46. The van der Waals surface area contributed by atoms with Crippen molar-refractivity contribution in [2.75, 3.05) is 19.8 Å². The van der Waals surface area contributed by atoms with Gasteiger partial charge in [-0.3, -0.25) is 23.4 Å². The van der Waals surface area contributed by atoms with Crippen LogP contribution in [0.25, 0.3) is 0 Å². The lowest BCUT2D eigenvalue weighted by Gasteiger charge is -2.20. The maximum Gasteiger partial charge on any atom is 0.472 e. The van der Waals surface area contributed by atoms with Crippen LogP contribution in [0.2, 0.25) is 0 Å². The number of aliphatic hydroxyl groups is 2. The molecule has 0 spiro atoms. The van der Waals surface area contributed by atoms with Crippen LogP contribution in [0.4, 0.5) is 0 Å². The molecule has 0 saturated carbocycles. The quantitative estimate of drug-likeness (QED) is 0.0126. The molecule has 13 nitrogen and oxygen atoms in total. The van der Waals surface area contributed by atoms with Gasteiger partial charge >= 0.3 is 25.7 Å². The number of unbranched alkanes of at least 4 members (excludes halogenated alkanes) is 20. The van der Waals surface area contributed by atoms with Crippen molar-refractivity contribution >= 4 is 25.7 Å². The Morgan fingerprint density at radius 1 is 0.561 bits per heavy atom. The minimum Gasteiger partial charge on any atom is -0.480 e. The van der Waals surface area contributed by atoms with Gasteiger partial charge in [0.15, 0.2) is 6.10 Å². The van der Waals surface area contributed by atoms with Gasteiger partial charge in [0.05, 0.1) is 25.4 Å². The van der Waals surface area contributed by atoms with Crippen LogP contribution in [0, 0.1) is 0 Å². The summed E-state index contributed by atoms with van der Waals surface area (Å²) in [6, 6.07) is -1.55. The van der Waals surface area contributed by atoms with Crippen LogP contribution in [-0.4, -0.2) is 82.3 Å². The third-order valence-electron chi connectivity index (χ3n) is 10.6. The smallest absolute Gasteiger partial charge is 0.472 e. The van der Waals surface area contributed by atoms with E-state index in [4.69, 9.17) is 24.8 Å². The molecule has 0 rings (SSSR count). The molecule has 0 bridgehead atoms. The normalized spacial score (nSPS) is 15.1. The number of phosphoric ester groups is 1. The number of hydrogen-bond acceptors (Lipinski definition) is 11. The molecule has 0 heterocycles. The van der Waals surface area contributed by atoms with E-state index >= 15 is 0 Å². The third-order valence-corrected chi connectivity index (χ3v) is 11.6. The van der Waals surface area contributed by atoms with Crippen molar-refractivity contribution in [3.8, 4) is 0 Å². The van der Waals surface area contributed by atoms with E-state index in [-0.39, 0.29) is 12.8 Å². The Kier molecular flexibility index (Phi) is 43.4. The lowest BCUT2D eigenvalue weighted by atomic mass is 10.0. The Bertz CT molecular complexity index is 1430. The van der Waals surface area contributed by atoms with Crippen molar-refractivity contribution in [3.63, 3.8) is 0 Å². The summed E-state index contributed by atoms with van der Waals surface area (Å²) in [4.78, 5) is 46.1. The molecular weight excluding hydrogens is 862 g/mol. The highest BCUT2D eigenvalue weighted by Gasteiger charge is 2.28. The molecule has 0 aliphatic heterocycles. The fourth-order valence-corrected chi connectivity index (χ4v) is 7.46. The minimum atomic E-state index is -4.77. The van der Waals surface area contributed by atoms with Gasteiger partial charge in [-0.15, -0.1) is 0 Å². The van der Waals surface area contributed by atoms with Crippen molar-refractivity contribution in [3.05, 3.63) is 72.9 Å². The number of ether oxygens (including phenoxy) is 2. The largest absolute Gasteiger partial charge is 0.480 e. The summed E-state index contributed by atoms with van der Waals surface area (Å²) in [5.74, 6) is -2.57. The van der Waals surface area contributed by atoms with Gasteiger partial charge in [-0.1, -0.05) is 215 Å².